The fourth-order valence-corrected chi connectivity index (χ4v) is 2.79. The van der Waals surface area contributed by atoms with Gasteiger partial charge < -0.3 is 18.5 Å². The smallest absolute Gasteiger partial charge is 0.464 e. The molecule has 1 saturated heterocycles. The van der Waals surface area contributed by atoms with Crippen LogP contribution in [0.3, 0.4) is 0 Å². The molecule has 0 spiro atoms. The van der Waals surface area contributed by atoms with Gasteiger partial charge in [0.05, 0.1) is 22.9 Å². The van der Waals surface area contributed by atoms with Crippen LogP contribution in [-0.4, -0.2) is 23.3 Å². The van der Waals surface area contributed by atoms with Crippen molar-refractivity contribution in [2.24, 2.45) is 0 Å². The molecule has 3 heterocycles. The van der Waals surface area contributed by atoms with E-state index < -0.39 is 24.1 Å². The van der Waals surface area contributed by atoms with Crippen LogP contribution in [0.5, 0.6) is 11.6 Å². The second kappa shape index (κ2) is 5.82. The molecule has 1 fully saturated rings. The summed E-state index contributed by atoms with van der Waals surface area (Å²) in [5.74, 6) is 0.239. The van der Waals surface area contributed by atoms with E-state index in [9.17, 15) is 4.39 Å². The van der Waals surface area contributed by atoms with Crippen LogP contribution in [0.2, 0.25) is 0 Å². The number of hydrogen-bond acceptors (Lipinski definition) is 5. The molecule has 1 aliphatic rings. The van der Waals surface area contributed by atoms with E-state index in [2.05, 4.69) is 4.98 Å². The molecule has 0 bridgehead atoms. The molecule has 0 radical (unpaired) electrons. The first kappa shape index (κ1) is 17.1. The number of hydrogen-bond donors (Lipinski definition) is 0. The van der Waals surface area contributed by atoms with Crippen LogP contribution >= 0.6 is 0 Å². The molecular weight excluding hydrogens is 336 g/mol. The second-order valence-corrected chi connectivity index (χ2v) is 7.32. The number of fused-ring (bicyclic) bond motifs is 1. The van der Waals surface area contributed by atoms with Crippen molar-refractivity contribution in [3.63, 3.8) is 0 Å². The van der Waals surface area contributed by atoms with Gasteiger partial charge in [0.25, 0.3) is 0 Å². The molecule has 0 atom stereocenters. The van der Waals surface area contributed by atoms with Gasteiger partial charge >= 0.3 is 7.12 Å². The molecule has 0 aliphatic carbocycles. The predicted molar refractivity (Wildman–Crippen MR) is 96.2 cm³/mol. The average Bonchev–Trinajstić information content (AvgIpc) is 3.10. The molecular formula is C19H19BFNO4. The molecule has 0 amide bonds. The van der Waals surface area contributed by atoms with Crippen LogP contribution in [0.4, 0.5) is 4.39 Å². The van der Waals surface area contributed by atoms with Crippen molar-refractivity contribution in [2.75, 3.05) is 0 Å². The molecule has 2 aromatic heterocycles. The average molecular weight is 355 g/mol. The van der Waals surface area contributed by atoms with Gasteiger partial charge in [-0.3, -0.25) is 0 Å². The molecule has 134 valence electrons. The minimum atomic E-state index is -0.760. The summed E-state index contributed by atoms with van der Waals surface area (Å²) in [4.78, 5) is 4.19. The first-order valence-corrected chi connectivity index (χ1v) is 8.42. The topological polar surface area (TPSA) is 53.7 Å². The molecule has 0 saturated carbocycles. The molecule has 26 heavy (non-hydrogen) atoms. The van der Waals surface area contributed by atoms with Gasteiger partial charge in [0, 0.05) is 17.7 Å². The molecule has 0 N–H and O–H groups in total. The molecule has 1 aliphatic heterocycles. The summed E-state index contributed by atoms with van der Waals surface area (Å²) in [6.45, 7) is 7.72. The normalized spacial score (nSPS) is 18.4. The van der Waals surface area contributed by atoms with Crippen LogP contribution in [-0.2, 0) is 9.31 Å². The Hall–Kier alpha value is -2.38. The lowest BCUT2D eigenvalue weighted by Crippen LogP contribution is -2.41. The molecule has 1 aromatic carbocycles. The van der Waals surface area contributed by atoms with Gasteiger partial charge in [-0.1, -0.05) is 6.07 Å². The summed E-state index contributed by atoms with van der Waals surface area (Å²) in [7, 11) is -0.760. The number of pyridine rings is 1. The van der Waals surface area contributed by atoms with Crippen molar-refractivity contribution < 1.29 is 22.9 Å². The van der Waals surface area contributed by atoms with Gasteiger partial charge in [-0.25, -0.2) is 9.37 Å². The summed E-state index contributed by atoms with van der Waals surface area (Å²) in [5.41, 5.74) is -0.0601. The zero-order valence-electron chi connectivity index (χ0n) is 15.1. The van der Waals surface area contributed by atoms with Crippen molar-refractivity contribution in [2.45, 2.75) is 38.9 Å². The van der Waals surface area contributed by atoms with Crippen molar-refractivity contribution in [1.82, 2.24) is 4.98 Å². The Kier molecular flexibility index (Phi) is 3.82. The zero-order chi connectivity index (χ0) is 18.5. The van der Waals surface area contributed by atoms with E-state index in [-0.39, 0.29) is 0 Å². The number of rotatable bonds is 3. The van der Waals surface area contributed by atoms with Crippen LogP contribution in [0.25, 0.3) is 11.0 Å². The fraction of sp³-hybridized carbons (Fsp3) is 0.316. The first-order valence-electron chi connectivity index (χ1n) is 8.42. The predicted octanol–water partition coefficient (Wildman–Crippen LogP) is 4.06. The molecule has 4 rings (SSSR count). The summed E-state index contributed by atoms with van der Waals surface area (Å²) >= 11 is 0. The molecule has 5 nitrogen and oxygen atoms in total. The van der Waals surface area contributed by atoms with Gasteiger partial charge in [-0.05, 0) is 45.9 Å². The highest BCUT2D eigenvalue weighted by molar-refractivity contribution is 6.62. The lowest BCUT2D eigenvalue weighted by molar-refractivity contribution is 0.00578. The third kappa shape index (κ3) is 2.77. The Labute approximate surface area is 151 Å². The van der Waals surface area contributed by atoms with Crippen LogP contribution in [0, 0.1) is 5.82 Å². The highest BCUT2D eigenvalue weighted by Gasteiger charge is 2.52. The Morgan fingerprint density at radius 3 is 2.46 bits per heavy atom. The monoisotopic (exact) mass is 355 g/mol. The fourth-order valence-electron chi connectivity index (χ4n) is 2.79. The summed E-state index contributed by atoms with van der Waals surface area (Å²) < 4.78 is 37.6. The van der Waals surface area contributed by atoms with Gasteiger partial charge in [-0.15, -0.1) is 0 Å². The number of ether oxygens (including phenoxy) is 1. The van der Waals surface area contributed by atoms with E-state index in [4.69, 9.17) is 18.5 Å². The number of furan rings is 1. The number of nitrogens with zero attached hydrogens (tertiary/aromatic N) is 1. The Morgan fingerprint density at radius 1 is 1.04 bits per heavy atom. The summed E-state index contributed by atoms with van der Waals surface area (Å²) in [5, 5.41) is 0.725. The van der Waals surface area contributed by atoms with E-state index >= 15 is 0 Å². The third-order valence-corrected chi connectivity index (χ3v) is 5.04. The van der Waals surface area contributed by atoms with Gasteiger partial charge in [0.15, 0.2) is 0 Å². The Balaban J connectivity index is 1.60. The number of aromatic nitrogens is 1. The largest absolute Gasteiger partial charge is 0.497 e. The van der Waals surface area contributed by atoms with Crippen molar-refractivity contribution in [3.05, 3.63) is 48.6 Å². The van der Waals surface area contributed by atoms with Gasteiger partial charge in [0.2, 0.25) is 5.88 Å². The van der Waals surface area contributed by atoms with Crippen LogP contribution in [0.1, 0.15) is 27.7 Å². The SMILES string of the molecule is CC1(C)OB(c2ccc(Oc3nccc4occc34)cc2F)OC1(C)C. The van der Waals surface area contributed by atoms with E-state index in [1.807, 2.05) is 27.7 Å². The van der Waals surface area contributed by atoms with E-state index in [0.29, 0.717) is 22.7 Å². The summed E-state index contributed by atoms with van der Waals surface area (Å²) in [6, 6.07) is 8.09. The minimum Gasteiger partial charge on any atom is -0.464 e. The Bertz CT molecular complexity index is 953. The maximum absolute atomic E-state index is 14.7. The summed E-state index contributed by atoms with van der Waals surface area (Å²) in [6.07, 6.45) is 3.14. The zero-order valence-corrected chi connectivity index (χ0v) is 15.1. The highest BCUT2D eigenvalue weighted by Crippen LogP contribution is 2.37. The third-order valence-electron chi connectivity index (χ3n) is 5.04. The van der Waals surface area contributed by atoms with Gasteiger partial charge in [0.1, 0.15) is 17.1 Å². The number of benzene rings is 1. The number of halogens is 1. The van der Waals surface area contributed by atoms with Crippen molar-refractivity contribution >= 4 is 23.6 Å². The minimum absolute atomic E-state index is 0.337. The second-order valence-electron chi connectivity index (χ2n) is 7.32. The van der Waals surface area contributed by atoms with E-state index in [1.165, 1.54) is 6.07 Å². The molecule has 7 heteroatoms. The van der Waals surface area contributed by atoms with Gasteiger partial charge in [-0.2, -0.15) is 0 Å². The lowest BCUT2D eigenvalue weighted by atomic mass is 9.78. The highest BCUT2D eigenvalue weighted by atomic mass is 19.1. The van der Waals surface area contributed by atoms with E-state index in [1.54, 1.807) is 36.7 Å². The quantitative estimate of drug-likeness (QED) is 0.664. The van der Waals surface area contributed by atoms with Crippen molar-refractivity contribution in [3.8, 4) is 11.6 Å². The molecule has 3 aromatic rings. The Morgan fingerprint density at radius 2 is 1.77 bits per heavy atom. The maximum atomic E-state index is 14.7. The van der Waals surface area contributed by atoms with Crippen LogP contribution in [0.15, 0.2) is 47.2 Å². The standard InChI is InChI=1S/C19H19BFNO4/c1-18(2)19(3,4)26-20(25-18)14-6-5-12(11-15(14)21)24-17-13-8-10-23-16(13)7-9-22-17/h5-11H,1-4H3. The van der Waals surface area contributed by atoms with Crippen LogP contribution < -0.4 is 10.2 Å². The van der Waals surface area contributed by atoms with Crippen molar-refractivity contribution in [1.29, 1.82) is 0 Å². The maximum Gasteiger partial charge on any atom is 0.497 e. The lowest BCUT2D eigenvalue weighted by Gasteiger charge is -2.32. The first-order chi connectivity index (χ1) is 12.3. The van der Waals surface area contributed by atoms with E-state index in [0.717, 1.165) is 5.39 Å². The molecule has 0 unspecified atom stereocenters.